The largest absolute Gasteiger partial charge is 0.497 e. The predicted molar refractivity (Wildman–Crippen MR) is 72.7 cm³/mol. The Bertz CT molecular complexity index is 424. The first kappa shape index (κ1) is 17.6. The van der Waals surface area contributed by atoms with Crippen LogP contribution in [0.25, 0.3) is 0 Å². The van der Waals surface area contributed by atoms with Gasteiger partial charge < -0.3 is 19.5 Å². The van der Waals surface area contributed by atoms with Gasteiger partial charge in [-0.1, -0.05) is 0 Å². The number of hydrogen-bond acceptors (Lipinski definition) is 4. The van der Waals surface area contributed by atoms with Crippen molar-refractivity contribution in [2.75, 3.05) is 34.0 Å². The number of hydrogen-bond donors (Lipinski definition) is 1. The maximum Gasteiger partial charge on any atom is 0.411 e. The van der Waals surface area contributed by atoms with E-state index in [4.69, 9.17) is 9.47 Å². The van der Waals surface area contributed by atoms with Crippen molar-refractivity contribution in [1.82, 2.24) is 5.32 Å². The van der Waals surface area contributed by atoms with Gasteiger partial charge in [-0.25, -0.2) is 0 Å². The molecule has 1 rings (SSSR count). The molecule has 4 nitrogen and oxygen atoms in total. The number of halogens is 3. The SMILES string of the molecule is CNCc1cc(OC)ccc1OCCCOCC(F)(F)F. The molecule has 1 aromatic rings. The van der Waals surface area contributed by atoms with Crippen LogP contribution in [0.4, 0.5) is 13.2 Å². The fourth-order valence-corrected chi connectivity index (χ4v) is 1.68. The normalized spacial score (nSPS) is 11.5. The zero-order valence-electron chi connectivity index (χ0n) is 12.1. The van der Waals surface area contributed by atoms with Gasteiger partial charge in [0.25, 0.3) is 0 Å². The van der Waals surface area contributed by atoms with Gasteiger partial charge >= 0.3 is 6.18 Å². The lowest BCUT2D eigenvalue weighted by Crippen LogP contribution is -2.18. The topological polar surface area (TPSA) is 39.7 Å². The van der Waals surface area contributed by atoms with E-state index in [1.54, 1.807) is 19.2 Å². The van der Waals surface area contributed by atoms with Crippen molar-refractivity contribution in [3.05, 3.63) is 23.8 Å². The lowest BCUT2D eigenvalue weighted by atomic mass is 10.2. The van der Waals surface area contributed by atoms with Crippen LogP contribution in [0.3, 0.4) is 0 Å². The lowest BCUT2D eigenvalue weighted by Gasteiger charge is -2.13. The van der Waals surface area contributed by atoms with E-state index in [0.29, 0.717) is 25.3 Å². The molecule has 0 aliphatic rings. The van der Waals surface area contributed by atoms with E-state index in [1.807, 2.05) is 13.1 Å². The summed E-state index contributed by atoms with van der Waals surface area (Å²) < 4.78 is 50.8. The maximum absolute atomic E-state index is 11.9. The van der Waals surface area contributed by atoms with Crippen molar-refractivity contribution in [1.29, 1.82) is 0 Å². The van der Waals surface area contributed by atoms with E-state index in [-0.39, 0.29) is 6.61 Å². The van der Waals surface area contributed by atoms with Gasteiger partial charge in [0.2, 0.25) is 0 Å². The van der Waals surface area contributed by atoms with Crippen LogP contribution in [0.5, 0.6) is 11.5 Å². The van der Waals surface area contributed by atoms with Crippen LogP contribution in [0.2, 0.25) is 0 Å². The molecule has 0 fully saturated rings. The van der Waals surface area contributed by atoms with Gasteiger partial charge in [-0.15, -0.1) is 0 Å². The molecule has 0 unspecified atom stereocenters. The summed E-state index contributed by atoms with van der Waals surface area (Å²) in [4.78, 5) is 0. The fraction of sp³-hybridized carbons (Fsp3) is 0.571. The Morgan fingerprint density at radius 2 is 1.95 bits per heavy atom. The highest BCUT2D eigenvalue weighted by Gasteiger charge is 2.27. The second kappa shape index (κ2) is 8.74. The molecule has 1 N–H and O–H groups in total. The van der Waals surface area contributed by atoms with Crippen molar-refractivity contribution in [3.8, 4) is 11.5 Å². The fourth-order valence-electron chi connectivity index (χ4n) is 1.68. The summed E-state index contributed by atoms with van der Waals surface area (Å²) in [6, 6.07) is 5.41. The van der Waals surface area contributed by atoms with E-state index < -0.39 is 12.8 Å². The standard InChI is InChI=1S/C14H20F3NO3/c1-18-9-11-8-12(19-2)4-5-13(11)21-7-3-6-20-10-14(15,16)17/h4-5,8,18H,3,6-7,9-10H2,1-2H3. The number of benzene rings is 1. The second-order valence-electron chi connectivity index (χ2n) is 4.37. The Balaban J connectivity index is 2.37. The van der Waals surface area contributed by atoms with Gasteiger partial charge in [0.05, 0.1) is 20.3 Å². The van der Waals surface area contributed by atoms with Crippen LogP contribution >= 0.6 is 0 Å². The van der Waals surface area contributed by atoms with E-state index in [0.717, 1.165) is 11.3 Å². The molecule has 0 aliphatic carbocycles. The quantitative estimate of drug-likeness (QED) is 0.712. The summed E-state index contributed by atoms with van der Waals surface area (Å²) in [5.41, 5.74) is 0.924. The molecule has 0 saturated heterocycles. The molecule has 0 bridgehead atoms. The first-order chi connectivity index (χ1) is 9.96. The molecule has 120 valence electrons. The lowest BCUT2D eigenvalue weighted by molar-refractivity contribution is -0.174. The minimum Gasteiger partial charge on any atom is -0.497 e. The molecular formula is C14H20F3NO3. The summed E-state index contributed by atoms with van der Waals surface area (Å²) in [6.45, 7) is -0.310. The van der Waals surface area contributed by atoms with Gasteiger partial charge in [0.15, 0.2) is 0 Å². The van der Waals surface area contributed by atoms with Crippen molar-refractivity contribution < 1.29 is 27.4 Å². The van der Waals surface area contributed by atoms with Gasteiger partial charge in [0, 0.05) is 18.5 Å². The molecule has 0 aromatic heterocycles. The number of rotatable bonds is 9. The van der Waals surface area contributed by atoms with Crippen LogP contribution in [0.1, 0.15) is 12.0 Å². The van der Waals surface area contributed by atoms with E-state index >= 15 is 0 Å². The predicted octanol–water partition coefficient (Wildman–Crippen LogP) is 2.76. The van der Waals surface area contributed by atoms with Gasteiger partial charge in [0.1, 0.15) is 18.1 Å². The van der Waals surface area contributed by atoms with Gasteiger partial charge in [-0.05, 0) is 25.2 Å². The van der Waals surface area contributed by atoms with Crippen LogP contribution < -0.4 is 14.8 Å². The molecular weight excluding hydrogens is 287 g/mol. The first-order valence-electron chi connectivity index (χ1n) is 6.55. The highest BCUT2D eigenvalue weighted by molar-refractivity contribution is 5.40. The highest BCUT2D eigenvalue weighted by Crippen LogP contribution is 2.24. The first-order valence-corrected chi connectivity index (χ1v) is 6.55. The van der Waals surface area contributed by atoms with Crippen molar-refractivity contribution in [2.45, 2.75) is 19.1 Å². The maximum atomic E-state index is 11.9. The molecule has 0 spiro atoms. The average molecular weight is 307 g/mol. The van der Waals surface area contributed by atoms with Crippen LogP contribution in [0.15, 0.2) is 18.2 Å². The molecule has 0 atom stereocenters. The van der Waals surface area contributed by atoms with Crippen LogP contribution in [-0.2, 0) is 11.3 Å². The highest BCUT2D eigenvalue weighted by atomic mass is 19.4. The minimum absolute atomic E-state index is 0.0109. The summed E-state index contributed by atoms with van der Waals surface area (Å²) in [7, 11) is 3.39. The third-order valence-electron chi connectivity index (χ3n) is 2.59. The number of methoxy groups -OCH3 is 1. The number of alkyl halides is 3. The molecule has 21 heavy (non-hydrogen) atoms. The molecule has 0 saturated carbocycles. The Morgan fingerprint density at radius 1 is 1.19 bits per heavy atom. The van der Waals surface area contributed by atoms with Crippen molar-refractivity contribution in [3.63, 3.8) is 0 Å². The molecule has 0 radical (unpaired) electrons. The number of nitrogens with one attached hydrogen (secondary N) is 1. The van der Waals surface area contributed by atoms with Gasteiger partial charge in [-0.3, -0.25) is 0 Å². The summed E-state index contributed by atoms with van der Waals surface area (Å²) in [5.74, 6) is 1.40. The Labute approximate surface area is 122 Å². The monoisotopic (exact) mass is 307 g/mol. The molecule has 1 aromatic carbocycles. The second-order valence-corrected chi connectivity index (χ2v) is 4.37. The Kier molecular flexibility index (Phi) is 7.31. The smallest absolute Gasteiger partial charge is 0.411 e. The Hall–Kier alpha value is -1.47. The van der Waals surface area contributed by atoms with Crippen molar-refractivity contribution >= 4 is 0 Å². The van der Waals surface area contributed by atoms with E-state index in [1.165, 1.54) is 0 Å². The minimum atomic E-state index is -4.28. The zero-order chi connectivity index (χ0) is 15.7. The number of ether oxygens (including phenoxy) is 3. The molecule has 0 heterocycles. The average Bonchev–Trinajstić information content (AvgIpc) is 2.43. The summed E-state index contributed by atoms with van der Waals surface area (Å²) in [5, 5.41) is 3.02. The van der Waals surface area contributed by atoms with E-state index in [9.17, 15) is 13.2 Å². The van der Waals surface area contributed by atoms with Crippen LogP contribution in [0, 0.1) is 0 Å². The summed E-state index contributed by atoms with van der Waals surface area (Å²) >= 11 is 0. The third kappa shape index (κ3) is 7.19. The third-order valence-corrected chi connectivity index (χ3v) is 2.59. The molecule has 7 heteroatoms. The molecule has 0 aliphatic heterocycles. The van der Waals surface area contributed by atoms with Gasteiger partial charge in [-0.2, -0.15) is 13.2 Å². The van der Waals surface area contributed by atoms with Crippen molar-refractivity contribution in [2.24, 2.45) is 0 Å². The zero-order valence-corrected chi connectivity index (χ0v) is 12.1. The summed E-state index contributed by atoms with van der Waals surface area (Å²) in [6.07, 6.45) is -3.89. The molecule has 0 amide bonds. The van der Waals surface area contributed by atoms with Crippen LogP contribution in [-0.4, -0.2) is 40.2 Å². The van der Waals surface area contributed by atoms with E-state index in [2.05, 4.69) is 10.1 Å². The Morgan fingerprint density at radius 3 is 2.57 bits per heavy atom.